The third-order valence-corrected chi connectivity index (χ3v) is 4.20. The van der Waals surface area contributed by atoms with E-state index in [1.165, 1.54) is 17.7 Å². The average Bonchev–Trinajstić information content (AvgIpc) is 2.44. The molecule has 3 heteroatoms. The largest absolute Gasteiger partial charge is 0.493 e. The standard InChI is InChI=1S/C17H28N2O/c1-4-13(2)12-20-16-7-8-17(14(3)10-16)19-9-5-6-15(18)11-19/h7-8,10,13,15H,4-6,9,11-12,18H2,1-3H3. The van der Waals surface area contributed by atoms with Crippen LogP contribution in [0.4, 0.5) is 5.69 Å². The summed E-state index contributed by atoms with van der Waals surface area (Å²) in [5.74, 6) is 1.59. The zero-order chi connectivity index (χ0) is 14.5. The van der Waals surface area contributed by atoms with Crippen molar-refractivity contribution in [2.45, 2.75) is 46.1 Å². The van der Waals surface area contributed by atoms with Crippen molar-refractivity contribution in [3.8, 4) is 5.75 Å². The highest BCUT2D eigenvalue weighted by atomic mass is 16.5. The zero-order valence-electron chi connectivity index (χ0n) is 13.1. The number of aryl methyl sites for hydroxylation is 1. The number of rotatable bonds is 5. The Morgan fingerprint density at radius 2 is 2.25 bits per heavy atom. The van der Waals surface area contributed by atoms with Crippen LogP contribution in [0.1, 0.15) is 38.7 Å². The Bertz CT molecular complexity index is 433. The van der Waals surface area contributed by atoms with E-state index >= 15 is 0 Å². The minimum absolute atomic E-state index is 0.310. The fourth-order valence-electron chi connectivity index (χ4n) is 2.66. The average molecular weight is 276 g/mol. The van der Waals surface area contributed by atoms with Crippen molar-refractivity contribution in [1.29, 1.82) is 0 Å². The highest BCUT2D eigenvalue weighted by Crippen LogP contribution is 2.27. The molecule has 1 aromatic rings. The summed E-state index contributed by atoms with van der Waals surface area (Å²) in [6.07, 6.45) is 3.49. The van der Waals surface area contributed by atoms with Crippen molar-refractivity contribution in [1.82, 2.24) is 0 Å². The van der Waals surface area contributed by atoms with Gasteiger partial charge in [-0.25, -0.2) is 0 Å². The van der Waals surface area contributed by atoms with Crippen molar-refractivity contribution in [3.05, 3.63) is 23.8 Å². The van der Waals surface area contributed by atoms with Crippen LogP contribution in [0.5, 0.6) is 5.75 Å². The summed E-state index contributed by atoms with van der Waals surface area (Å²) < 4.78 is 5.86. The number of nitrogens with two attached hydrogens (primary N) is 1. The summed E-state index contributed by atoms with van der Waals surface area (Å²) >= 11 is 0. The Hall–Kier alpha value is -1.22. The maximum Gasteiger partial charge on any atom is 0.119 e. The lowest BCUT2D eigenvalue weighted by atomic mass is 10.0. The van der Waals surface area contributed by atoms with Crippen LogP contribution >= 0.6 is 0 Å². The van der Waals surface area contributed by atoms with Crippen LogP contribution in [0.15, 0.2) is 18.2 Å². The van der Waals surface area contributed by atoms with Crippen LogP contribution in [-0.4, -0.2) is 25.7 Å². The van der Waals surface area contributed by atoms with Crippen molar-refractivity contribution in [2.24, 2.45) is 11.7 Å². The molecule has 0 aromatic heterocycles. The molecular formula is C17H28N2O. The molecule has 112 valence electrons. The molecule has 1 heterocycles. The summed E-state index contributed by atoms with van der Waals surface area (Å²) in [6, 6.07) is 6.73. The van der Waals surface area contributed by atoms with Crippen molar-refractivity contribution in [3.63, 3.8) is 0 Å². The molecule has 0 amide bonds. The molecule has 2 atom stereocenters. The number of nitrogens with zero attached hydrogens (tertiary/aromatic N) is 1. The smallest absolute Gasteiger partial charge is 0.119 e. The second-order valence-corrected chi connectivity index (χ2v) is 6.12. The van der Waals surface area contributed by atoms with Crippen molar-refractivity contribution in [2.75, 3.05) is 24.6 Å². The molecule has 0 saturated carbocycles. The predicted octanol–water partition coefficient (Wildman–Crippen LogP) is 3.35. The lowest BCUT2D eigenvalue weighted by molar-refractivity contribution is 0.256. The second-order valence-electron chi connectivity index (χ2n) is 6.12. The number of anilines is 1. The topological polar surface area (TPSA) is 38.5 Å². The molecule has 3 nitrogen and oxygen atoms in total. The van der Waals surface area contributed by atoms with Crippen LogP contribution in [0.3, 0.4) is 0 Å². The lowest BCUT2D eigenvalue weighted by Crippen LogP contribution is -2.43. The van der Waals surface area contributed by atoms with E-state index in [-0.39, 0.29) is 0 Å². The van der Waals surface area contributed by atoms with E-state index in [1.54, 1.807) is 0 Å². The monoisotopic (exact) mass is 276 g/mol. The predicted molar refractivity (Wildman–Crippen MR) is 85.6 cm³/mol. The molecule has 1 aliphatic heterocycles. The summed E-state index contributed by atoms with van der Waals surface area (Å²) in [6.45, 7) is 9.45. The molecule has 1 fully saturated rings. The molecule has 1 saturated heterocycles. The molecule has 1 aliphatic rings. The summed E-state index contributed by atoms with van der Waals surface area (Å²) in [5, 5.41) is 0. The first-order valence-electron chi connectivity index (χ1n) is 7.84. The Balaban J connectivity index is 2.01. The van der Waals surface area contributed by atoms with E-state index in [9.17, 15) is 0 Å². The Morgan fingerprint density at radius 1 is 1.45 bits per heavy atom. The highest BCUT2D eigenvalue weighted by Gasteiger charge is 2.18. The molecule has 1 aromatic carbocycles. The molecule has 0 aliphatic carbocycles. The van der Waals surface area contributed by atoms with Gasteiger partial charge in [-0.3, -0.25) is 0 Å². The van der Waals surface area contributed by atoms with Crippen molar-refractivity contribution < 1.29 is 4.74 Å². The fourth-order valence-corrected chi connectivity index (χ4v) is 2.66. The third-order valence-electron chi connectivity index (χ3n) is 4.20. The Kier molecular flexibility index (Phi) is 5.30. The molecule has 20 heavy (non-hydrogen) atoms. The van der Waals surface area contributed by atoms with Crippen LogP contribution in [0.25, 0.3) is 0 Å². The summed E-state index contributed by atoms with van der Waals surface area (Å²) in [4.78, 5) is 2.40. The van der Waals surface area contributed by atoms with Gasteiger partial charge in [0.1, 0.15) is 5.75 Å². The number of ether oxygens (including phenoxy) is 1. The van der Waals surface area contributed by atoms with Gasteiger partial charge in [0.25, 0.3) is 0 Å². The van der Waals surface area contributed by atoms with Gasteiger partial charge in [0.2, 0.25) is 0 Å². The SMILES string of the molecule is CCC(C)COc1ccc(N2CCCC(N)C2)c(C)c1. The van der Waals surface area contributed by atoms with Gasteiger partial charge in [-0.05, 0) is 49.4 Å². The van der Waals surface area contributed by atoms with Gasteiger partial charge in [-0.1, -0.05) is 20.3 Å². The van der Waals surface area contributed by atoms with Crippen LogP contribution in [0, 0.1) is 12.8 Å². The minimum Gasteiger partial charge on any atom is -0.493 e. The fraction of sp³-hybridized carbons (Fsp3) is 0.647. The molecule has 0 spiro atoms. The molecular weight excluding hydrogens is 248 g/mol. The number of benzene rings is 1. The van der Waals surface area contributed by atoms with Crippen molar-refractivity contribution >= 4 is 5.69 Å². The molecule has 0 bridgehead atoms. The summed E-state index contributed by atoms with van der Waals surface area (Å²) in [5.41, 5.74) is 8.65. The van der Waals surface area contributed by atoms with Gasteiger partial charge in [-0.2, -0.15) is 0 Å². The normalized spacial score (nSPS) is 20.8. The van der Waals surface area contributed by atoms with Crippen LogP contribution in [-0.2, 0) is 0 Å². The molecule has 0 radical (unpaired) electrons. The first kappa shape index (κ1) is 15.2. The van der Waals surface area contributed by atoms with Gasteiger partial charge >= 0.3 is 0 Å². The van der Waals surface area contributed by atoms with E-state index in [4.69, 9.17) is 10.5 Å². The van der Waals surface area contributed by atoms with Gasteiger partial charge in [0, 0.05) is 24.8 Å². The minimum atomic E-state index is 0.310. The molecule has 2 rings (SSSR count). The maximum atomic E-state index is 6.07. The van der Waals surface area contributed by atoms with Crippen LogP contribution in [0.2, 0.25) is 0 Å². The van der Waals surface area contributed by atoms with Gasteiger partial charge in [-0.15, -0.1) is 0 Å². The summed E-state index contributed by atoms with van der Waals surface area (Å²) in [7, 11) is 0. The maximum absolute atomic E-state index is 6.07. The zero-order valence-corrected chi connectivity index (χ0v) is 13.1. The van der Waals surface area contributed by atoms with E-state index in [2.05, 4.69) is 43.9 Å². The number of hydrogen-bond acceptors (Lipinski definition) is 3. The van der Waals surface area contributed by atoms with Gasteiger partial charge < -0.3 is 15.4 Å². The first-order valence-corrected chi connectivity index (χ1v) is 7.84. The Morgan fingerprint density at radius 3 is 2.90 bits per heavy atom. The van der Waals surface area contributed by atoms with Crippen LogP contribution < -0.4 is 15.4 Å². The first-order chi connectivity index (χ1) is 9.60. The van der Waals surface area contributed by atoms with E-state index in [0.29, 0.717) is 12.0 Å². The number of piperidine rings is 1. The second kappa shape index (κ2) is 6.98. The van der Waals surface area contributed by atoms with E-state index < -0.39 is 0 Å². The van der Waals surface area contributed by atoms with Gasteiger partial charge in [0.15, 0.2) is 0 Å². The Labute approximate surface area is 123 Å². The highest BCUT2D eigenvalue weighted by molar-refractivity contribution is 5.56. The van der Waals surface area contributed by atoms with E-state index in [0.717, 1.165) is 38.3 Å². The third kappa shape index (κ3) is 3.89. The van der Waals surface area contributed by atoms with E-state index in [1.807, 2.05) is 0 Å². The number of hydrogen-bond donors (Lipinski definition) is 1. The lowest BCUT2D eigenvalue weighted by Gasteiger charge is -2.33. The molecule has 2 N–H and O–H groups in total. The van der Waals surface area contributed by atoms with Gasteiger partial charge in [0.05, 0.1) is 6.61 Å². The quantitative estimate of drug-likeness (QED) is 0.896. The molecule has 2 unspecified atom stereocenters.